The summed E-state index contributed by atoms with van der Waals surface area (Å²) in [7, 11) is 0. The molecular weight excluding hydrogens is 343 g/mol. The average Bonchev–Trinajstić information content (AvgIpc) is 3.00. The quantitative estimate of drug-likeness (QED) is 0.755. The van der Waals surface area contributed by atoms with E-state index in [1.165, 1.54) is 23.5 Å². The predicted molar refractivity (Wildman–Crippen MR) is 94.1 cm³/mol. The lowest BCUT2D eigenvalue weighted by Crippen LogP contribution is -2.45. The number of carbonyl (C=O) groups excluding carboxylic acids is 2. The molecule has 0 radical (unpaired) electrons. The van der Waals surface area contributed by atoms with E-state index in [2.05, 4.69) is 4.98 Å². The molecule has 1 aromatic heterocycles. The van der Waals surface area contributed by atoms with Crippen LogP contribution in [0.2, 0.25) is 0 Å². The minimum atomic E-state index is -0.562. The van der Waals surface area contributed by atoms with Crippen LogP contribution in [-0.2, 0) is 11.3 Å². The van der Waals surface area contributed by atoms with Crippen LogP contribution in [0.5, 0.6) is 0 Å². The Morgan fingerprint density at radius 3 is 2.56 bits per heavy atom. The first kappa shape index (κ1) is 19.1. The minimum absolute atomic E-state index is 0.0135. The molecule has 0 aliphatic carbocycles. The Morgan fingerprint density at radius 2 is 1.96 bits per heavy atom. The molecule has 0 aliphatic rings. The third-order valence-electron chi connectivity index (χ3n) is 3.49. The average molecular weight is 364 g/mol. The standard InChI is InChI=1S/C18H21FN2O3S/c1-5-24-17(23)14-11-25-15(20-14)10-21(18(2,3)4)16(22)12-8-6-7-9-13(12)19/h6-9,11H,5,10H2,1-4H3. The largest absolute Gasteiger partial charge is 0.461 e. The van der Waals surface area contributed by atoms with Crippen molar-refractivity contribution in [2.24, 2.45) is 0 Å². The summed E-state index contributed by atoms with van der Waals surface area (Å²) in [6, 6.07) is 5.89. The number of hydrogen-bond acceptors (Lipinski definition) is 5. The Hall–Kier alpha value is -2.28. The van der Waals surface area contributed by atoms with Crippen LogP contribution in [0.15, 0.2) is 29.6 Å². The smallest absolute Gasteiger partial charge is 0.357 e. The molecule has 0 unspecified atom stereocenters. The van der Waals surface area contributed by atoms with E-state index in [0.29, 0.717) is 5.01 Å². The fraction of sp³-hybridized carbons (Fsp3) is 0.389. The zero-order chi connectivity index (χ0) is 18.6. The fourth-order valence-electron chi connectivity index (χ4n) is 2.21. The van der Waals surface area contributed by atoms with Crippen molar-refractivity contribution in [3.8, 4) is 0 Å². The van der Waals surface area contributed by atoms with Gasteiger partial charge in [-0.25, -0.2) is 14.2 Å². The first-order valence-electron chi connectivity index (χ1n) is 7.92. The third-order valence-corrected chi connectivity index (χ3v) is 4.32. The lowest BCUT2D eigenvalue weighted by Gasteiger charge is -2.35. The number of thiazole rings is 1. The molecule has 1 amide bonds. The molecule has 7 heteroatoms. The number of hydrogen-bond donors (Lipinski definition) is 0. The van der Waals surface area contributed by atoms with Crippen molar-refractivity contribution in [3.63, 3.8) is 0 Å². The van der Waals surface area contributed by atoms with Gasteiger partial charge in [0, 0.05) is 10.9 Å². The molecule has 1 aromatic carbocycles. The van der Waals surface area contributed by atoms with Gasteiger partial charge < -0.3 is 9.64 Å². The topological polar surface area (TPSA) is 59.5 Å². The molecule has 2 rings (SSSR count). The van der Waals surface area contributed by atoms with Crippen molar-refractivity contribution in [2.45, 2.75) is 39.8 Å². The minimum Gasteiger partial charge on any atom is -0.461 e. The van der Waals surface area contributed by atoms with E-state index in [1.54, 1.807) is 29.3 Å². The first-order valence-corrected chi connectivity index (χ1v) is 8.80. The number of carbonyl (C=O) groups is 2. The lowest BCUT2D eigenvalue weighted by molar-refractivity contribution is 0.0520. The summed E-state index contributed by atoms with van der Waals surface area (Å²) in [6.07, 6.45) is 0. The van der Waals surface area contributed by atoms with E-state index in [4.69, 9.17) is 4.74 Å². The molecule has 0 saturated carbocycles. The van der Waals surface area contributed by atoms with Gasteiger partial charge in [0.1, 0.15) is 10.8 Å². The molecular formula is C18H21FN2O3S. The second-order valence-electron chi connectivity index (χ2n) is 6.39. The fourth-order valence-corrected chi connectivity index (χ4v) is 2.96. The number of benzene rings is 1. The molecule has 25 heavy (non-hydrogen) atoms. The van der Waals surface area contributed by atoms with Gasteiger partial charge in [0.2, 0.25) is 0 Å². The number of esters is 1. The Kier molecular flexibility index (Phi) is 5.89. The maximum atomic E-state index is 14.0. The Morgan fingerprint density at radius 1 is 1.28 bits per heavy atom. The summed E-state index contributed by atoms with van der Waals surface area (Å²) in [4.78, 5) is 30.3. The predicted octanol–water partition coefficient (Wildman–Crippen LogP) is 3.90. The van der Waals surface area contributed by atoms with Gasteiger partial charge >= 0.3 is 5.97 Å². The highest BCUT2D eigenvalue weighted by atomic mass is 32.1. The van der Waals surface area contributed by atoms with Crippen molar-refractivity contribution < 1.29 is 18.7 Å². The normalized spacial score (nSPS) is 11.2. The van der Waals surface area contributed by atoms with Crippen molar-refractivity contribution in [3.05, 3.63) is 51.7 Å². The van der Waals surface area contributed by atoms with E-state index in [9.17, 15) is 14.0 Å². The van der Waals surface area contributed by atoms with E-state index >= 15 is 0 Å². The molecule has 0 aliphatic heterocycles. The molecule has 5 nitrogen and oxygen atoms in total. The van der Waals surface area contributed by atoms with Crippen LogP contribution in [0.1, 0.15) is 53.5 Å². The second-order valence-corrected chi connectivity index (χ2v) is 7.33. The SMILES string of the molecule is CCOC(=O)c1csc(CN(C(=O)c2ccccc2F)C(C)(C)C)n1. The van der Waals surface area contributed by atoms with Gasteiger partial charge in [-0.15, -0.1) is 11.3 Å². The van der Waals surface area contributed by atoms with Crippen LogP contribution in [0.25, 0.3) is 0 Å². The van der Waals surface area contributed by atoms with Gasteiger partial charge in [-0.1, -0.05) is 12.1 Å². The first-order chi connectivity index (χ1) is 11.7. The molecule has 0 atom stereocenters. The number of amides is 1. The van der Waals surface area contributed by atoms with Crippen molar-refractivity contribution >= 4 is 23.2 Å². The summed E-state index contributed by atoms with van der Waals surface area (Å²) >= 11 is 1.27. The van der Waals surface area contributed by atoms with Crippen LogP contribution in [-0.4, -0.2) is 33.9 Å². The molecule has 0 saturated heterocycles. The van der Waals surface area contributed by atoms with Gasteiger partial charge in [0.15, 0.2) is 5.69 Å². The Balaban J connectivity index is 2.26. The molecule has 134 valence electrons. The number of ether oxygens (including phenoxy) is 1. The van der Waals surface area contributed by atoms with Crippen molar-refractivity contribution in [1.29, 1.82) is 0 Å². The number of nitrogens with zero attached hydrogens (tertiary/aromatic N) is 2. The van der Waals surface area contributed by atoms with Crippen molar-refractivity contribution in [2.75, 3.05) is 6.61 Å². The highest BCUT2D eigenvalue weighted by Gasteiger charge is 2.30. The van der Waals surface area contributed by atoms with E-state index in [-0.39, 0.29) is 24.4 Å². The maximum Gasteiger partial charge on any atom is 0.357 e. The van der Waals surface area contributed by atoms with Gasteiger partial charge in [-0.3, -0.25) is 4.79 Å². The Labute approximate surface area is 150 Å². The number of aromatic nitrogens is 1. The molecule has 0 N–H and O–H groups in total. The highest BCUT2D eigenvalue weighted by molar-refractivity contribution is 7.09. The number of rotatable bonds is 5. The van der Waals surface area contributed by atoms with Gasteiger partial charge in [0.05, 0.1) is 18.7 Å². The van der Waals surface area contributed by atoms with Crippen LogP contribution >= 0.6 is 11.3 Å². The summed E-state index contributed by atoms with van der Waals surface area (Å²) in [5.74, 6) is -1.47. The summed E-state index contributed by atoms with van der Waals surface area (Å²) < 4.78 is 18.9. The molecule has 0 bridgehead atoms. The summed E-state index contributed by atoms with van der Waals surface area (Å²) in [6.45, 7) is 7.77. The molecule has 2 aromatic rings. The van der Waals surface area contributed by atoms with E-state index in [1.807, 2.05) is 20.8 Å². The molecule has 0 fully saturated rings. The zero-order valence-corrected chi connectivity index (χ0v) is 15.5. The summed E-state index contributed by atoms with van der Waals surface area (Å²) in [5, 5.41) is 2.18. The van der Waals surface area contributed by atoms with Crippen molar-refractivity contribution in [1.82, 2.24) is 9.88 Å². The van der Waals surface area contributed by atoms with Gasteiger partial charge in [0.25, 0.3) is 5.91 Å². The lowest BCUT2D eigenvalue weighted by atomic mass is 10.0. The van der Waals surface area contributed by atoms with E-state index < -0.39 is 23.2 Å². The monoisotopic (exact) mass is 364 g/mol. The van der Waals surface area contributed by atoms with Crippen LogP contribution in [0, 0.1) is 5.82 Å². The highest BCUT2D eigenvalue weighted by Crippen LogP contribution is 2.23. The zero-order valence-electron chi connectivity index (χ0n) is 14.7. The Bertz CT molecular complexity index is 768. The maximum absolute atomic E-state index is 14.0. The van der Waals surface area contributed by atoms with Crippen LogP contribution in [0.3, 0.4) is 0 Å². The second kappa shape index (κ2) is 7.74. The van der Waals surface area contributed by atoms with Crippen LogP contribution in [0.4, 0.5) is 4.39 Å². The van der Waals surface area contributed by atoms with Gasteiger partial charge in [-0.05, 0) is 39.8 Å². The molecule has 1 heterocycles. The van der Waals surface area contributed by atoms with Gasteiger partial charge in [-0.2, -0.15) is 0 Å². The summed E-state index contributed by atoms with van der Waals surface area (Å²) in [5.41, 5.74) is -0.316. The number of halogens is 1. The molecule has 0 spiro atoms. The van der Waals surface area contributed by atoms with Crippen LogP contribution < -0.4 is 0 Å². The van der Waals surface area contributed by atoms with E-state index in [0.717, 1.165) is 0 Å². The third kappa shape index (κ3) is 4.63.